The summed E-state index contributed by atoms with van der Waals surface area (Å²) in [6, 6.07) is 4.33. The van der Waals surface area contributed by atoms with Crippen molar-refractivity contribution >= 4 is 12.0 Å². The first-order valence-corrected chi connectivity index (χ1v) is 9.80. The van der Waals surface area contributed by atoms with E-state index in [1.807, 2.05) is 0 Å². The summed E-state index contributed by atoms with van der Waals surface area (Å²) in [7, 11) is 4.45. The van der Waals surface area contributed by atoms with Crippen LogP contribution in [0, 0.1) is 5.92 Å². The molecule has 2 aliphatic heterocycles. The standard InChI is InChI=1S/C21H29N3O5/c1-13-7-9-24(10-8-13)12-15-18(20(25)29-4)19(23-21(26)22-15)14-5-6-16(27-2)17(11-14)28-3/h5-6,11,13,19H,7-10,12H2,1-4H3,(H2,22,23,26)/t19-/m0/s1. The fourth-order valence-electron chi connectivity index (χ4n) is 3.82. The summed E-state index contributed by atoms with van der Waals surface area (Å²) in [5, 5.41) is 5.66. The van der Waals surface area contributed by atoms with E-state index in [0.29, 0.717) is 40.8 Å². The first kappa shape index (κ1) is 21.0. The van der Waals surface area contributed by atoms with Crippen molar-refractivity contribution in [2.24, 2.45) is 5.92 Å². The lowest BCUT2D eigenvalue weighted by atomic mass is 9.94. The molecule has 158 valence electrons. The van der Waals surface area contributed by atoms with Crippen molar-refractivity contribution in [2.45, 2.75) is 25.8 Å². The zero-order chi connectivity index (χ0) is 21.0. The summed E-state index contributed by atoms with van der Waals surface area (Å²) >= 11 is 0. The van der Waals surface area contributed by atoms with Gasteiger partial charge in [-0.3, -0.25) is 4.90 Å². The second-order valence-corrected chi connectivity index (χ2v) is 7.49. The van der Waals surface area contributed by atoms with Gasteiger partial charge in [-0.25, -0.2) is 9.59 Å². The number of benzene rings is 1. The highest BCUT2D eigenvalue weighted by Gasteiger charge is 2.34. The minimum Gasteiger partial charge on any atom is -0.493 e. The molecule has 1 aromatic rings. The van der Waals surface area contributed by atoms with Crippen LogP contribution in [0.3, 0.4) is 0 Å². The number of carbonyl (C=O) groups excluding carboxylic acids is 2. The second kappa shape index (κ2) is 9.17. The van der Waals surface area contributed by atoms with Gasteiger partial charge in [0.1, 0.15) is 0 Å². The highest BCUT2D eigenvalue weighted by atomic mass is 16.5. The van der Waals surface area contributed by atoms with Crippen LogP contribution in [0.4, 0.5) is 4.79 Å². The zero-order valence-corrected chi connectivity index (χ0v) is 17.4. The largest absolute Gasteiger partial charge is 0.493 e. The molecular formula is C21H29N3O5. The normalized spacial score (nSPS) is 20.7. The van der Waals surface area contributed by atoms with E-state index in [0.717, 1.165) is 25.9 Å². The van der Waals surface area contributed by atoms with Gasteiger partial charge in [-0.1, -0.05) is 13.0 Å². The average molecular weight is 403 g/mol. The van der Waals surface area contributed by atoms with Gasteiger partial charge in [-0.05, 0) is 49.5 Å². The van der Waals surface area contributed by atoms with Crippen molar-refractivity contribution in [3.63, 3.8) is 0 Å². The molecule has 1 aromatic carbocycles. The van der Waals surface area contributed by atoms with E-state index in [9.17, 15) is 9.59 Å². The smallest absolute Gasteiger partial charge is 0.338 e. The Morgan fingerprint density at radius 1 is 1.14 bits per heavy atom. The summed E-state index contributed by atoms with van der Waals surface area (Å²) < 4.78 is 15.7. The maximum atomic E-state index is 12.7. The topological polar surface area (TPSA) is 89.1 Å². The molecule has 8 nitrogen and oxygen atoms in total. The van der Waals surface area contributed by atoms with Gasteiger partial charge in [-0.15, -0.1) is 0 Å². The molecular weight excluding hydrogens is 374 g/mol. The quantitative estimate of drug-likeness (QED) is 0.708. The third-order valence-electron chi connectivity index (χ3n) is 5.56. The van der Waals surface area contributed by atoms with Crippen LogP contribution in [-0.4, -0.2) is 57.9 Å². The maximum absolute atomic E-state index is 12.7. The van der Waals surface area contributed by atoms with Gasteiger partial charge in [-0.2, -0.15) is 0 Å². The van der Waals surface area contributed by atoms with E-state index in [2.05, 4.69) is 22.5 Å². The molecule has 8 heteroatoms. The number of hydrogen-bond donors (Lipinski definition) is 2. The van der Waals surface area contributed by atoms with Crippen LogP contribution in [0.25, 0.3) is 0 Å². The van der Waals surface area contributed by atoms with Crippen LogP contribution in [0.1, 0.15) is 31.4 Å². The number of amides is 2. The van der Waals surface area contributed by atoms with E-state index in [1.165, 1.54) is 7.11 Å². The van der Waals surface area contributed by atoms with Crippen molar-refractivity contribution in [1.82, 2.24) is 15.5 Å². The Kier molecular flexibility index (Phi) is 6.64. The fraction of sp³-hybridized carbons (Fsp3) is 0.524. The van der Waals surface area contributed by atoms with Gasteiger partial charge in [0.05, 0.1) is 32.9 Å². The SMILES string of the molecule is COC(=O)C1=C(CN2CCC(C)CC2)NC(=O)N[C@H]1c1ccc(OC)c(OC)c1. The number of piperidine rings is 1. The predicted octanol–water partition coefficient (Wildman–Crippen LogP) is 2.22. The highest BCUT2D eigenvalue weighted by molar-refractivity contribution is 5.95. The van der Waals surface area contributed by atoms with Gasteiger partial charge in [0.15, 0.2) is 11.5 Å². The van der Waals surface area contributed by atoms with Crippen LogP contribution in [0.2, 0.25) is 0 Å². The van der Waals surface area contributed by atoms with Crippen molar-refractivity contribution in [1.29, 1.82) is 0 Å². The molecule has 0 spiro atoms. The Hall–Kier alpha value is -2.74. The number of methoxy groups -OCH3 is 3. The van der Waals surface area contributed by atoms with Crippen molar-refractivity contribution in [3.8, 4) is 11.5 Å². The van der Waals surface area contributed by atoms with E-state index >= 15 is 0 Å². The number of urea groups is 1. The van der Waals surface area contributed by atoms with E-state index in [1.54, 1.807) is 32.4 Å². The zero-order valence-electron chi connectivity index (χ0n) is 17.4. The molecule has 0 bridgehead atoms. The third-order valence-corrected chi connectivity index (χ3v) is 5.56. The lowest BCUT2D eigenvalue weighted by molar-refractivity contribution is -0.136. The minimum absolute atomic E-state index is 0.349. The molecule has 2 amide bonds. The molecule has 0 saturated carbocycles. The number of ether oxygens (including phenoxy) is 3. The molecule has 0 aliphatic carbocycles. The number of nitrogens with zero attached hydrogens (tertiary/aromatic N) is 1. The third kappa shape index (κ3) is 4.64. The Balaban J connectivity index is 1.98. The number of carbonyl (C=O) groups is 2. The summed E-state index contributed by atoms with van der Waals surface area (Å²) in [4.78, 5) is 27.4. The fourth-order valence-corrected chi connectivity index (χ4v) is 3.82. The molecule has 2 aliphatic rings. The molecule has 1 saturated heterocycles. The lowest BCUT2D eigenvalue weighted by Crippen LogP contribution is -2.49. The van der Waals surface area contributed by atoms with Gasteiger partial charge in [0, 0.05) is 12.2 Å². The molecule has 2 N–H and O–H groups in total. The van der Waals surface area contributed by atoms with E-state index < -0.39 is 12.0 Å². The number of esters is 1. The Morgan fingerprint density at radius 3 is 2.45 bits per heavy atom. The molecule has 29 heavy (non-hydrogen) atoms. The minimum atomic E-state index is -0.644. The maximum Gasteiger partial charge on any atom is 0.338 e. The highest BCUT2D eigenvalue weighted by Crippen LogP contribution is 2.34. The van der Waals surface area contributed by atoms with Gasteiger partial charge >= 0.3 is 12.0 Å². The average Bonchev–Trinajstić information content (AvgIpc) is 2.74. The summed E-state index contributed by atoms with van der Waals surface area (Å²) in [5.74, 6) is 1.32. The van der Waals surface area contributed by atoms with Crippen molar-refractivity contribution in [3.05, 3.63) is 35.0 Å². The summed E-state index contributed by atoms with van der Waals surface area (Å²) in [5.41, 5.74) is 1.69. The first-order valence-electron chi connectivity index (χ1n) is 9.80. The number of hydrogen-bond acceptors (Lipinski definition) is 6. The van der Waals surface area contributed by atoms with Gasteiger partial charge in [0.2, 0.25) is 0 Å². The van der Waals surface area contributed by atoms with E-state index in [4.69, 9.17) is 14.2 Å². The van der Waals surface area contributed by atoms with E-state index in [-0.39, 0.29) is 6.03 Å². The lowest BCUT2D eigenvalue weighted by Gasteiger charge is -2.34. The van der Waals surface area contributed by atoms with Crippen molar-refractivity contribution in [2.75, 3.05) is 41.0 Å². The number of likely N-dealkylation sites (tertiary alicyclic amines) is 1. The van der Waals surface area contributed by atoms with Crippen LogP contribution in [0.5, 0.6) is 11.5 Å². The van der Waals surface area contributed by atoms with Crippen LogP contribution < -0.4 is 20.1 Å². The molecule has 0 aromatic heterocycles. The second-order valence-electron chi connectivity index (χ2n) is 7.49. The molecule has 0 radical (unpaired) electrons. The Labute approximate surface area is 171 Å². The van der Waals surface area contributed by atoms with Crippen LogP contribution in [-0.2, 0) is 9.53 Å². The van der Waals surface area contributed by atoms with Gasteiger partial charge in [0.25, 0.3) is 0 Å². The molecule has 1 fully saturated rings. The molecule has 2 heterocycles. The Morgan fingerprint density at radius 2 is 1.83 bits per heavy atom. The summed E-state index contributed by atoms with van der Waals surface area (Å²) in [6.45, 7) is 4.61. The molecule has 0 unspecified atom stereocenters. The molecule has 3 rings (SSSR count). The number of rotatable bonds is 6. The first-order chi connectivity index (χ1) is 14.0. The van der Waals surface area contributed by atoms with Gasteiger partial charge < -0.3 is 24.8 Å². The monoisotopic (exact) mass is 403 g/mol. The summed E-state index contributed by atoms with van der Waals surface area (Å²) in [6.07, 6.45) is 2.21. The molecule has 1 atom stereocenters. The number of nitrogens with one attached hydrogen (secondary N) is 2. The van der Waals surface area contributed by atoms with Crippen molar-refractivity contribution < 1.29 is 23.8 Å². The predicted molar refractivity (Wildman–Crippen MR) is 108 cm³/mol. The van der Waals surface area contributed by atoms with Crippen LogP contribution >= 0.6 is 0 Å². The van der Waals surface area contributed by atoms with Crippen LogP contribution in [0.15, 0.2) is 29.5 Å². The Bertz CT molecular complexity index is 800.